The Hall–Kier alpha value is -1.02. The van der Waals surface area contributed by atoms with E-state index >= 15 is 0 Å². The average molecular weight is 227 g/mol. The van der Waals surface area contributed by atoms with Crippen LogP contribution in [0.4, 0.5) is 0 Å². The summed E-state index contributed by atoms with van der Waals surface area (Å²) in [6, 6.07) is 6.09. The van der Waals surface area contributed by atoms with Crippen molar-refractivity contribution in [1.29, 1.82) is 0 Å². The summed E-state index contributed by atoms with van der Waals surface area (Å²) in [4.78, 5) is 10.4. The summed E-state index contributed by atoms with van der Waals surface area (Å²) in [5, 5.41) is 8.35. The van der Waals surface area contributed by atoms with Gasteiger partial charge in [-0.2, -0.15) is 0 Å². The maximum absolute atomic E-state index is 10.4. The van der Waals surface area contributed by atoms with Gasteiger partial charge in [0.05, 0.1) is 5.38 Å². The molecular formula is C12H15ClO2. The van der Waals surface area contributed by atoms with Crippen molar-refractivity contribution >= 4 is 17.6 Å². The molecule has 0 bridgehead atoms. The highest BCUT2D eigenvalue weighted by Gasteiger charge is 2.10. The van der Waals surface area contributed by atoms with Crippen LogP contribution in [0.25, 0.3) is 0 Å². The molecule has 0 aliphatic carbocycles. The smallest absolute Gasteiger partial charge is 0.303 e. The summed E-state index contributed by atoms with van der Waals surface area (Å²) in [7, 11) is 0. The predicted molar refractivity (Wildman–Crippen MR) is 61.4 cm³/mol. The first-order valence-electron chi connectivity index (χ1n) is 4.93. The molecule has 1 rings (SSSR count). The van der Waals surface area contributed by atoms with Gasteiger partial charge >= 0.3 is 5.97 Å². The van der Waals surface area contributed by atoms with E-state index in [1.165, 1.54) is 0 Å². The lowest BCUT2D eigenvalue weighted by molar-refractivity contribution is -0.137. The third kappa shape index (κ3) is 3.92. The Labute approximate surface area is 94.9 Å². The minimum absolute atomic E-state index is 0.112. The van der Waals surface area contributed by atoms with E-state index in [4.69, 9.17) is 16.7 Å². The maximum Gasteiger partial charge on any atom is 0.303 e. The van der Waals surface area contributed by atoms with Gasteiger partial charge < -0.3 is 5.11 Å². The van der Waals surface area contributed by atoms with Gasteiger partial charge in [0.15, 0.2) is 0 Å². The molecule has 1 aromatic carbocycles. The van der Waals surface area contributed by atoms with Gasteiger partial charge in [0.1, 0.15) is 0 Å². The van der Waals surface area contributed by atoms with Crippen LogP contribution in [0.15, 0.2) is 18.2 Å². The van der Waals surface area contributed by atoms with E-state index < -0.39 is 5.97 Å². The molecule has 1 atom stereocenters. The van der Waals surface area contributed by atoms with Crippen LogP contribution < -0.4 is 0 Å². The maximum atomic E-state index is 10.4. The molecule has 1 unspecified atom stereocenters. The standard InChI is InChI=1S/C12H15ClO2/c1-8-5-9(2)7-10(6-8)11(13)3-4-12(14)15/h5-7,11H,3-4H2,1-2H3,(H,14,15). The van der Waals surface area contributed by atoms with Crippen LogP contribution in [0.1, 0.15) is 34.9 Å². The number of aryl methyl sites for hydroxylation is 2. The molecule has 1 aromatic rings. The predicted octanol–water partition coefficient (Wildman–Crippen LogP) is 3.45. The molecular weight excluding hydrogens is 212 g/mol. The summed E-state index contributed by atoms with van der Waals surface area (Å²) in [5.41, 5.74) is 3.33. The first-order chi connectivity index (χ1) is 6.99. The normalized spacial score (nSPS) is 12.5. The fourth-order valence-electron chi connectivity index (χ4n) is 1.61. The number of hydrogen-bond acceptors (Lipinski definition) is 1. The molecule has 1 N–H and O–H groups in total. The first kappa shape index (κ1) is 12.1. The highest BCUT2D eigenvalue weighted by atomic mass is 35.5. The molecule has 0 heterocycles. The van der Waals surface area contributed by atoms with E-state index in [2.05, 4.69) is 6.07 Å². The van der Waals surface area contributed by atoms with Gasteiger partial charge in [-0.25, -0.2) is 0 Å². The van der Waals surface area contributed by atoms with Gasteiger partial charge in [0.25, 0.3) is 0 Å². The van der Waals surface area contributed by atoms with Gasteiger partial charge in [0, 0.05) is 6.42 Å². The molecule has 0 amide bonds. The van der Waals surface area contributed by atoms with Gasteiger partial charge in [-0.15, -0.1) is 11.6 Å². The molecule has 0 aromatic heterocycles. The molecule has 0 saturated carbocycles. The van der Waals surface area contributed by atoms with E-state index in [1.807, 2.05) is 26.0 Å². The Morgan fingerprint density at radius 2 is 1.87 bits per heavy atom. The number of hydrogen-bond donors (Lipinski definition) is 1. The minimum atomic E-state index is -0.801. The number of carbonyl (C=O) groups is 1. The Balaban J connectivity index is 2.72. The van der Waals surface area contributed by atoms with Gasteiger partial charge in [0.2, 0.25) is 0 Å². The number of carboxylic acids is 1. The van der Waals surface area contributed by atoms with Crippen LogP contribution in [-0.2, 0) is 4.79 Å². The SMILES string of the molecule is Cc1cc(C)cc(C(Cl)CCC(=O)O)c1. The monoisotopic (exact) mass is 226 g/mol. The first-order valence-corrected chi connectivity index (χ1v) is 5.36. The Morgan fingerprint density at radius 1 is 1.33 bits per heavy atom. The van der Waals surface area contributed by atoms with Gasteiger partial charge in [-0.05, 0) is 25.8 Å². The van der Waals surface area contributed by atoms with Gasteiger partial charge in [-0.1, -0.05) is 29.3 Å². The third-order valence-corrected chi connectivity index (χ3v) is 2.69. The third-order valence-electron chi connectivity index (χ3n) is 2.22. The zero-order valence-electron chi connectivity index (χ0n) is 8.96. The van der Waals surface area contributed by atoms with Crippen LogP contribution in [-0.4, -0.2) is 11.1 Å². The fourth-order valence-corrected chi connectivity index (χ4v) is 1.84. The zero-order valence-corrected chi connectivity index (χ0v) is 9.71. The molecule has 15 heavy (non-hydrogen) atoms. The summed E-state index contributed by atoms with van der Waals surface area (Å²) < 4.78 is 0. The fraction of sp³-hybridized carbons (Fsp3) is 0.417. The zero-order chi connectivity index (χ0) is 11.4. The summed E-state index contributed by atoms with van der Waals surface area (Å²) in [6.07, 6.45) is 0.584. The topological polar surface area (TPSA) is 37.3 Å². The van der Waals surface area contributed by atoms with Crippen molar-refractivity contribution in [2.24, 2.45) is 0 Å². The lowest BCUT2D eigenvalue weighted by Crippen LogP contribution is -1.99. The van der Waals surface area contributed by atoms with Gasteiger partial charge in [-0.3, -0.25) is 4.79 Å². The second kappa shape index (κ2) is 5.17. The number of carboxylic acid groups (broad SMARTS) is 1. The second-order valence-electron chi connectivity index (χ2n) is 3.82. The highest BCUT2D eigenvalue weighted by molar-refractivity contribution is 6.20. The lowest BCUT2D eigenvalue weighted by atomic mass is 10.0. The molecule has 2 nitrogen and oxygen atoms in total. The highest BCUT2D eigenvalue weighted by Crippen LogP contribution is 2.27. The average Bonchev–Trinajstić information content (AvgIpc) is 2.12. The molecule has 82 valence electrons. The van der Waals surface area contributed by atoms with Crippen molar-refractivity contribution < 1.29 is 9.90 Å². The van der Waals surface area contributed by atoms with Crippen LogP contribution >= 0.6 is 11.6 Å². The van der Waals surface area contributed by atoms with Crippen molar-refractivity contribution in [2.45, 2.75) is 32.1 Å². The summed E-state index contributed by atoms with van der Waals surface area (Å²) in [6.45, 7) is 4.02. The van der Waals surface area contributed by atoms with Crippen molar-refractivity contribution in [3.8, 4) is 0 Å². The summed E-state index contributed by atoms with van der Waals surface area (Å²) >= 11 is 6.13. The summed E-state index contributed by atoms with van der Waals surface area (Å²) in [5.74, 6) is -0.801. The molecule has 0 spiro atoms. The van der Waals surface area contributed by atoms with Crippen molar-refractivity contribution in [1.82, 2.24) is 0 Å². The number of aliphatic carboxylic acids is 1. The van der Waals surface area contributed by atoms with Crippen molar-refractivity contribution in [3.63, 3.8) is 0 Å². The van der Waals surface area contributed by atoms with Crippen LogP contribution in [0.3, 0.4) is 0 Å². The van der Waals surface area contributed by atoms with Crippen molar-refractivity contribution in [2.75, 3.05) is 0 Å². The Kier molecular flexibility index (Phi) is 4.15. The molecule has 0 fully saturated rings. The molecule has 0 aliphatic heterocycles. The van der Waals surface area contributed by atoms with E-state index in [-0.39, 0.29) is 11.8 Å². The minimum Gasteiger partial charge on any atom is -0.481 e. The lowest BCUT2D eigenvalue weighted by Gasteiger charge is -2.10. The van der Waals surface area contributed by atoms with E-state index in [0.29, 0.717) is 6.42 Å². The number of benzene rings is 1. The molecule has 3 heteroatoms. The largest absolute Gasteiger partial charge is 0.481 e. The number of rotatable bonds is 4. The number of alkyl halides is 1. The Bertz CT molecular complexity index is 340. The molecule has 0 saturated heterocycles. The quantitative estimate of drug-likeness (QED) is 0.799. The second-order valence-corrected chi connectivity index (χ2v) is 4.35. The van der Waals surface area contributed by atoms with E-state index in [0.717, 1.165) is 16.7 Å². The van der Waals surface area contributed by atoms with Crippen molar-refractivity contribution in [3.05, 3.63) is 34.9 Å². The molecule has 0 aliphatic rings. The van der Waals surface area contributed by atoms with Crippen LogP contribution in [0.5, 0.6) is 0 Å². The van der Waals surface area contributed by atoms with E-state index in [9.17, 15) is 4.79 Å². The van der Waals surface area contributed by atoms with E-state index in [1.54, 1.807) is 0 Å². The van der Waals surface area contributed by atoms with Crippen LogP contribution in [0, 0.1) is 13.8 Å². The Morgan fingerprint density at radius 3 is 2.33 bits per heavy atom. The molecule has 0 radical (unpaired) electrons. The van der Waals surface area contributed by atoms with Crippen LogP contribution in [0.2, 0.25) is 0 Å². The number of halogens is 1.